The second-order valence-electron chi connectivity index (χ2n) is 4.01. The predicted molar refractivity (Wildman–Crippen MR) is 60.5 cm³/mol. The number of aryl methyl sites for hydroxylation is 2. The highest BCUT2D eigenvalue weighted by molar-refractivity contribution is 5.47. The van der Waals surface area contributed by atoms with Gasteiger partial charge < -0.3 is 9.47 Å². The summed E-state index contributed by atoms with van der Waals surface area (Å²) in [5.74, 6) is 0.914. The van der Waals surface area contributed by atoms with Crippen LogP contribution in [0.5, 0.6) is 5.75 Å². The van der Waals surface area contributed by atoms with Crippen molar-refractivity contribution in [3.63, 3.8) is 0 Å². The van der Waals surface area contributed by atoms with E-state index < -0.39 is 0 Å². The summed E-state index contributed by atoms with van der Waals surface area (Å²) in [6.07, 6.45) is 1.14. The van der Waals surface area contributed by atoms with E-state index >= 15 is 0 Å². The molecule has 3 nitrogen and oxygen atoms in total. The molecular formula is C13H15NO2. The quantitative estimate of drug-likeness (QED) is 0.726. The Morgan fingerprint density at radius 1 is 1.56 bits per heavy atom. The number of hydrogen-bond acceptors (Lipinski definition) is 3. The molecule has 1 unspecified atom stereocenters. The average Bonchev–Trinajstić information content (AvgIpc) is 3.10. The molecule has 1 aliphatic rings. The fraction of sp³-hybridized carbons (Fsp3) is 0.462. The Balaban J connectivity index is 2.23. The van der Waals surface area contributed by atoms with E-state index in [9.17, 15) is 0 Å². The highest BCUT2D eigenvalue weighted by atomic mass is 16.6. The van der Waals surface area contributed by atoms with Gasteiger partial charge >= 0.3 is 0 Å². The minimum absolute atomic E-state index is 0.264. The first-order valence-electron chi connectivity index (χ1n) is 5.52. The van der Waals surface area contributed by atoms with Crippen LogP contribution in [-0.2, 0) is 11.2 Å². The monoisotopic (exact) mass is 217 g/mol. The molecule has 1 fully saturated rings. The highest BCUT2D eigenvalue weighted by Crippen LogP contribution is 2.27. The zero-order valence-electron chi connectivity index (χ0n) is 9.62. The summed E-state index contributed by atoms with van der Waals surface area (Å²) in [6, 6.07) is 5.93. The van der Waals surface area contributed by atoms with Gasteiger partial charge in [0.15, 0.2) is 0 Å². The first-order valence-corrected chi connectivity index (χ1v) is 5.52. The van der Waals surface area contributed by atoms with E-state index in [1.807, 2.05) is 19.1 Å². The minimum Gasteiger partial charge on any atom is -0.490 e. The number of rotatable bonds is 4. The second-order valence-corrected chi connectivity index (χ2v) is 4.01. The van der Waals surface area contributed by atoms with E-state index in [4.69, 9.17) is 14.7 Å². The Hall–Kier alpha value is -1.53. The smallest absolute Gasteiger partial charge is 0.125 e. The van der Waals surface area contributed by atoms with Crippen LogP contribution in [0.3, 0.4) is 0 Å². The third kappa shape index (κ3) is 2.34. The Morgan fingerprint density at radius 2 is 2.31 bits per heavy atom. The number of ether oxygens (including phenoxy) is 2. The van der Waals surface area contributed by atoms with Crippen LogP contribution >= 0.6 is 0 Å². The fourth-order valence-electron chi connectivity index (χ4n) is 1.72. The van der Waals surface area contributed by atoms with Crippen molar-refractivity contribution in [1.82, 2.24) is 0 Å². The molecule has 1 saturated heterocycles. The zero-order valence-corrected chi connectivity index (χ0v) is 9.62. The molecule has 1 atom stereocenters. The third-order valence-electron chi connectivity index (χ3n) is 2.68. The molecule has 1 aromatic carbocycles. The van der Waals surface area contributed by atoms with Gasteiger partial charge in [-0.1, -0.05) is 6.92 Å². The molecule has 2 rings (SSSR count). The first kappa shape index (κ1) is 11.0. The van der Waals surface area contributed by atoms with Crippen LogP contribution in [-0.4, -0.2) is 19.3 Å². The molecule has 0 N–H and O–H groups in total. The lowest BCUT2D eigenvalue weighted by molar-refractivity contribution is 0.260. The largest absolute Gasteiger partial charge is 0.490 e. The highest BCUT2D eigenvalue weighted by Gasteiger charge is 2.23. The lowest BCUT2D eigenvalue weighted by atomic mass is 10.0. The van der Waals surface area contributed by atoms with Crippen LogP contribution in [0, 0.1) is 18.3 Å². The molecule has 0 bridgehead atoms. The second kappa shape index (κ2) is 4.54. The van der Waals surface area contributed by atoms with Crippen molar-refractivity contribution in [3.8, 4) is 11.8 Å². The summed E-state index contributed by atoms with van der Waals surface area (Å²) >= 11 is 0. The van der Waals surface area contributed by atoms with Gasteiger partial charge in [0.05, 0.1) is 18.2 Å². The summed E-state index contributed by atoms with van der Waals surface area (Å²) in [7, 11) is 0. The van der Waals surface area contributed by atoms with E-state index in [1.165, 1.54) is 0 Å². The molecule has 0 amide bonds. The molecule has 0 aromatic heterocycles. The Kier molecular flexibility index (Phi) is 3.12. The van der Waals surface area contributed by atoms with Crippen molar-refractivity contribution in [1.29, 1.82) is 5.26 Å². The maximum Gasteiger partial charge on any atom is 0.125 e. The standard InChI is InChI=1S/C13H15NO2/c1-3-11-5-10(6-14)4-9(2)13(11)16-8-12-7-15-12/h4-5,12H,3,7-8H2,1-2H3. The Labute approximate surface area is 95.6 Å². The van der Waals surface area contributed by atoms with Gasteiger partial charge in [0.1, 0.15) is 18.5 Å². The van der Waals surface area contributed by atoms with E-state index in [2.05, 4.69) is 13.0 Å². The average molecular weight is 217 g/mol. The van der Waals surface area contributed by atoms with Crippen LogP contribution in [0.15, 0.2) is 12.1 Å². The van der Waals surface area contributed by atoms with Gasteiger partial charge in [-0.3, -0.25) is 0 Å². The van der Waals surface area contributed by atoms with Crippen LogP contribution in [0.25, 0.3) is 0 Å². The van der Waals surface area contributed by atoms with Crippen molar-refractivity contribution >= 4 is 0 Å². The normalized spacial score (nSPS) is 17.9. The zero-order chi connectivity index (χ0) is 11.5. The summed E-state index contributed by atoms with van der Waals surface area (Å²) in [4.78, 5) is 0. The van der Waals surface area contributed by atoms with E-state index in [1.54, 1.807) is 0 Å². The van der Waals surface area contributed by atoms with E-state index in [-0.39, 0.29) is 6.10 Å². The summed E-state index contributed by atoms with van der Waals surface area (Å²) < 4.78 is 10.9. The topological polar surface area (TPSA) is 45.5 Å². The molecule has 1 aliphatic heterocycles. The molecule has 0 spiro atoms. The van der Waals surface area contributed by atoms with Gasteiger partial charge in [0, 0.05) is 0 Å². The molecule has 0 aliphatic carbocycles. The van der Waals surface area contributed by atoms with Gasteiger partial charge in [0.25, 0.3) is 0 Å². The van der Waals surface area contributed by atoms with Crippen molar-refractivity contribution in [2.24, 2.45) is 0 Å². The fourth-order valence-corrected chi connectivity index (χ4v) is 1.72. The summed E-state index contributed by atoms with van der Waals surface area (Å²) in [5.41, 5.74) is 2.82. The maximum absolute atomic E-state index is 8.89. The van der Waals surface area contributed by atoms with Gasteiger partial charge in [0.2, 0.25) is 0 Å². The number of epoxide rings is 1. The molecule has 0 radical (unpaired) electrons. The molecule has 16 heavy (non-hydrogen) atoms. The molecular weight excluding hydrogens is 202 g/mol. The third-order valence-corrected chi connectivity index (χ3v) is 2.68. The van der Waals surface area contributed by atoms with Crippen LogP contribution in [0.2, 0.25) is 0 Å². The summed E-state index contributed by atoms with van der Waals surface area (Å²) in [5, 5.41) is 8.89. The van der Waals surface area contributed by atoms with Crippen LogP contribution < -0.4 is 4.74 Å². The van der Waals surface area contributed by atoms with Crippen molar-refractivity contribution < 1.29 is 9.47 Å². The Bertz CT molecular complexity index is 430. The first-order chi connectivity index (χ1) is 7.74. The number of benzene rings is 1. The van der Waals surface area contributed by atoms with Crippen LogP contribution in [0.4, 0.5) is 0 Å². The molecule has 84 valence electrons. The predicted octanol–water partition coefficient (Wildman–Crippen LogP) is 2.21. The lowest BCUT2D eigenvalue weighted by Gasteiger charge is -2.13. The van der Waals surface area contributed by atoms with E-state index in [0.29, 0.717) is 12.2 Å². The van der Waals surface area contributed by atoms with Crippen molar-refractivity contribution in [2.75, 3.05) is 13.2 Å². The maximum atomic E-state index is 8.89. The van der Waals surface area contributed by atoms with Gasteiger partial charge in [-0.25, -0.2) is 0 Å². The number of hydrogen-bond donors (Lipinski definition) is 0. The minimum atomic E-state index is 0.264. The number of nitrogens with zero attached hydrogens (tertiary/aromatic N) is 1. The molecule has 1 aromatic rings. The SMILES string of the molecule is CCc1cc(C#N)cc(C)c1OCC1CO1. The number of nitriles is 1. The molecule has 3 heteroatoms. The summed E-state index contributed by atoms with van der Waals surface area (Å²) in [6.45, 7) is 5.45. The van der Waals surface area contributed by atoms with Crippen LogP contribution in [0.1, 0.15) is 23.6 Å². The Morgan fingerprint density at radius 3 is 2.88 bits per heavy atom. The van der Waals surface area contributed by atoms with Gasteiger partial charge in [-0.2, -0.15) is 5.26 Å². The van der Waals surface area contributed by atoms with Crippen molar-refractivity contribution in [3.05, 3.63) is 28.8 Å². The van der Waals surface area contributed by atoms with E-state index in [0.717, 1.165) is 29.9 Å². The van der Waals surface area contributed by atoms with Crippen molar-refractivity contribution in [2.45, 2.75) is 26.4 Å². The van der Waals surface area contributed by atoms with Gasteiger partial charge in [-0.15, -0.1) is 0 Å². The van der Waals surface area contributed by atoms with Gasteiger partial charge in [-0.05, 0) is 36.6 Å². The lowest BCUT2D eigenvalue weighted by Crippen LogP contribution is -2.07. The molecule has 0 saturated carbocycles. The molecule has 1 heterocycles.